The molecule has 1 unspecified atom stereocenters. The molecule has 0 spiro atoms. The first-order valence-corrected chi connectivity index (χ1v) is 12.9. The Kier molecular flexibility index (Phi) is 6.95. The highest BCUT2D eigenvalue weighted by Crippen LogP contribution is 2.40. The Morgan fingerprint density at radius 2 is 1.92 bits per heavy atom. The summed E-state index contributed by atoms with van der Waals surface area (Å²) in [5.41, 5.74) is 6.05. The van der Waals surface area contributed by atoms with Gasteiger partial charge in [0, 0.05) is 43.9 Å². The van der Waals surface area contributed by atoms with Crippen LogP contribution < -0.4 is 10.1 Å². The molecule has 0 saturated heterocycles. The van der Waals surface area contributed by atoms with E-state index in [9.17, 15) is 4.79 Å². The molecule has 4 nitrogen and oxygen atoms in total. The van der Waals surface area contributed by atoms with Gasteiger partial charge in [-0.1, -0.05) is 57.9 Å². The van der Waals surface area contributed by atoms with Gasteiger partial charge in [0.05, 0.1) is 18.2 Å². The van der Waals surface area contributed by atoms with Crippen LogP contribution in [-0.2, 0) is 4.79 Å². The molecule has 2 heterocycles. The van der Waals surface area contributed by atoms with Crippen molar-refractivity contribution < 1.29 is 9.53 Å². The minimum atomic E-state index is -0.173. The highest BCUT2D eigenvalue weighted by atomic mass is 79.9. The van der Waals surface area contributed by atoms with Gasteiger partial charge in [0.1, 0.15) is 10.9 Å². The first-order valence-electron chi connectivity index (χ1n) is 11.8. The van der Waals surface area contributed by atoms with E-state index in [1.807, 2.05) is 86.6 Å². The average molecular weight is 560 g/mol. The summed E-state index contributed by atoms with van der Waals surface area (Å²) in [6.45, 7) is 4.53. The number of pyridine rings is 1. The maximum Gasteiger partial charge on any atom is 0.184 e. The lowest BCUT2D eigenvalue weighted by atomic mass is 9.84. The van der Waals surface area contributed by atoms with Gasteiger partial charge in [0.15, 0.2) is 5.78 Å². The standard InChI is InChI=1S/C30H24BrClN2O2/c1-3-36-23-12-9-20-15-21(30(32)34-26(20)17-23)10-14-27(35)28-18(2)33-25-13-11-22(31)16-24(25)29(28)19-7-5-4-6-8-19/h4-18,33H,3H2,1-2H3/b14-10+. The minimum absolute atomic E-state index is 0.0812. The van der Waals surface area contributed by atoms with Crippen molar-refractivity contribution in [1.29, 1.82) is 0 Å². The number of nitrogens with zero attached hydrogens (tertiary/aromatic N) is 1. The Bertz CT molecular complexity index is 1530. The molecule has 1 aliphatic heterocycles. The molecule has 1 N–H and O–H groups in total. The number of ketones is 1. The second-order valence-corrected chi connectivity index (χ2v) is 9.84. The quantitative estimate of drug-likeness (QED) is 0.192. The molecular weight excluding hydrogens is 536 g/mol. The molecule has 1 aliphatic rings. The number of rotatable bonds is 6. The minimum Gasteiger partial charge on any atom is -0.494 e. The van der Waals surface area contributed by atoms with E-state index in [1.54, 1.807) is 12.2 Å². The van der Waals surface area contributed by atoms with Crippen molar-refractivity contribution in [3.05, 3.63) is 111 Å². The number of aromatic nitrogens is 1. The zero-order valence-electron chi connectivity index (χ0n) is 19.9. The van der Waals surface area contributed by atoms with E-state index in [2.05, 4.69) is 26.2 Å². The first kappa shape index (κ1) is 24.3. The number of benzene rings is 3. The molecule has 6 heteroatoms. The number of nitrogens with one attached hydrogen (secondary N) is 1. The van der Waals surface area contributed by atoms with Crippen LogP contribution in [0.15, 0.2) is 88.9 Å². The van der Waals surface area contributed by atoms with E-state index in [-0.39, 0.29) is 11.8 Å². The molecule has 3 aromatic carbocycles. The SMILES string of the molecule is CCOc1ccc2cc(/C=C/C(=O)C3=C(c4ccccc4)c4cc(Br)ccc4NC3C)c(Cl)nc2c1. The van der Waals surface area contributed by atoms with Crippen LogP contribution in [-0.4, -0.2) is 23.4 Å². The van der Waals surface area contributed by atoms with E-state index >= 15 is 0 Å². The zero-order chi connectivity index (χ0) is 25.2. The first-order chi connectivity index (χ1) is 17.4. The fourth-order valence-electron chi connectivity index (χ4n) is 4.54. The molecule has 0 aliphatic carbocycles. The van der Waals surface area contributed by atoms with Crippen LogP contribution in [0.4, 0.5) is 5.69 Å². The summed E-state index contributed by atoms with van der Waals surface area (Å²) in [6.07, 6.45) is 3.33. The zero-order valence-corrected chi connectivity index (χ0v) is 22.2. The van der Waals surface area contributed by atoms with Crippen molar-refractivity contribution in [2.45, 2.75) is 19.9 Å². The molecule has 36 heavy (non-hydrogen) atoms. The van der Waals surface area contributed by atoms with Gasteiger partial charge in [-0.2, -0.15) is 0 Å². The fourth-order valence-corrected chi connectivity index (χ4v) is 5.11. The van der Waals surface area contributed by atoms with Gasteiger partial charge in [-0.05, 0) is 68.0 Å². The number of carbonyl (C=O) groups excluding carboxylic acids is 1. The number of carbonyl (C=O) groups is 1. The summed E-state index contributed by atoms with van der Waals surface area (Å²) >= 11 is 10.1. The average Bonchev–Trinajstić information content (AvgIpc) is 2.87. The lowest BCUT2D eigenvalue weighted by Crippen LogP contribution is -2.28. The molecule has 0 radical (unpaired) electrons. The fraction of sp³-hybridized carbons (Fsp3) is 0.133. The molecule has 4 aromatic rings. The van der Waals surface area contributed by atoms with E-state index < -0.39 is 0 Å². The van der Waals surface area contributed by atoms with Crippen molar-refractivity contribution in [3.8, 4) is 5.75 Å². The van der Waals surface area contributed by atoms with Gasteiger partial charge < -0.3 is 10.1 Å². The van der Waals surface area contributed by atoms with Crippen molar-refractivity contribution in [2.75, 3.05) is 11.9 Å². The normalized spacial score (nSPS) is 15.2. The number of allylic oxidation sites excluding steroid dienone is 1. The Morgan fingerprint density at radius 1 is 1.11 bits per heavy atom. The van der Waals surface area contributed by atoms with Crippen LogP contribution in [0.5, 0.6) is 5.75 Å². The lowest BCUT2D eigenvalue weighted by Gasteiger charge is -2.29. The third-order valence-corrected chi connectivity index (χ3v) is 6.94. The monoisotopic (exact) mass is 558 g/mol. The van der Waals surface area contributed by atoms with Crippen molar-refractivity contribution >= 4 is 61.6 Å². The van der Waals surface area contributed by atoms with E-state index in [0.29, 0.717) is 22.9 Å². The summed E-state index contributed by atoms with van der Waals surface area (Å²) in [7, 11) is 0. The summed E-state index contributed by atoms with van der Waals surface area (Å²) in [6, 6.07) is 23.6. The van der Waals surface area contributed by atoms with Crippen LogP contribution >= 0.6 is 27.5 Å². The largest absolute Gasteiger partial charge is 0.494 e. The third-order valence-electron chi connectivity index (χ3n) is 6.15. The van der Waals surface area contributed by atoms with Gasteiger partial charge in [0.25, 0.3) is 0 Å². The molecule has 0 saturated carbocycles. The van der Waals surface area contributed by atoms with Crippen molar-refractivity contribution in [3.63, 3.8) is 0 Å². The number of hydrogen-bond donors (Lipinski definition) is 1. The van der Waals surface area contributed by atoms with Crippen LogP contribution in [0.1, 0.15) is 30.5 Å². The summed E-state index contributed by atoms with van der Waals surface area (Å²) in [5.74, 6) is 0.667. The molecule has 0 fully saturated rings. The Balaban J connectivity index is 1.57. The van der Waals surface area contributed by atoms with Crippen molar-refractivity contribution in [2.24, 2.45) is 0 Å². The molecular formula is C30H24BrClN2O2. The van der Waals surface area contributed by atoms with E-state index in [1.165, 1.54) is 0 Å². The van der Waals surface area contributed by atoms with Gasteiger partial charge in [-0.25, -0.2) is 4.98 Å². The Hall–Kier alpha value is -3.41. The van der Waals surface area contributed by atoms with Crippen LogP contribution in [0.2, 0.25) is 5.15 Å². The number of anilines is 1. The number of fused-ring (bicyclic) bond motifs is 2. The molecule has 1 aromatic heterocycles. The summed E-state index contributed by atoms with van der Waals surface area (Å²) in [4.78, 5) is 18.2. The Labute approximate surface area is 223 Å². The molecule has 1 atom stereocenters. The smallest absolute Gasteiger partial charge is 0.184 e. The second-order valence-electron chi connectivity index (χ2n) is 8.56. The number of hydrogen-bond acceptors (Lipinski definition) is 4. The number of halogens is 2. The van der Waals surface area contributed by atoms with E-state index in [0.717, 1.165) is 43.5 Å². The number of ether oxygens (including phenoxy) is 1. The maximum atomic E-state index is 13.7. The van der Waals surface area contributed by atoms with Gasteiger partial charge in [0.2, 0.25) is 0 Å². The van der Waals surface area contributed by atoms with Gasteiger partial charge in [-0.15, -0.1) is 0 Å². The topological polar surface area (TPSA) is 51.2 Å². The molecule has 0 bridgehead atoms. The molecule has 180 valence electrons. The second kappa shape index (κ2) is 10.3. The van der Waals surface area contributed by atoms with Crippen molar-refractivity contribution in [1.82, 2.24) is 4.98 Å². The maximum absolute atomic E-state index is 13.7. The lowest BCUT2D eigenvalue weighted by molar-refractivity contribution is -0.111. The predicted molar refractivity (Wildman–Crippen MR) is 152 cm³/mol. The van der Waals surface area contributed by atoms with Crippen LogP contribution in [0.25, 0.3) is 22.6 Å². The summed E-state index contributed by atoms with van der Waals surface area (Å²) < 4.78 is 6.52. The highest BCUT2D eigenvalue weighted by molar-refractivity contribution is 9.10. The van der Waals surface area contributed by atoms with Crippen LogP contribution in [0, 0.1) is 0 Å². The van der Waals surface area contributed by atoms with Gasteiger partial charge in [-0.3, -0.25) is 4.79 Å². The van der Waals surface area contributed by atoms with E-state index in [4.69, 9.17) is 16.3 Å². The summed E-state index contributed by atoms with van der Waals surface area (Å²) in [5, 5.41) is 4.74. The Morgan fingerprint density at radius 3 is 2.69 bits per heavy atom. The predicted octanol–water partition coefficient (Wildman–Crippen LogP) is 7.95. The highest BCUT2D eigenvalue weighted by Gasteiger charge is 2.28. The van der Waals surface area contributed by atoms with Gasteiger partial charge >= 0.3 is 0 Å². The molecule has 5 rings (SSSR count). The molecule has 0 amide bonds. The third kappa shape index (κ3) is 4.81. The van der Waals surface area contributed by atoms with Crippen LogP contribution in [0.3, 0.4) is 0 Å².